The lowest BCUT2D eigenvalue weighted by Crippen LogP contribution is -2.22. The third kappa shape index (κ3) is 3.04. The number of aromatic nitrogens is 3. The Hall–Kier alpha value is -2.05. The fourth-order valence-electron chi connectivity index (χ4n) is 2.57. The molecule has 23 heavy (non-hydrogen) atoms. The molecule has 0 saturated heterocycles. The van der Waals surface area contributed by atoms with Gasteiger partial charge in [0.25, 0.3) is 5.56 Å². The molecule has 3 rings (SSSR count). The highest BCUT2D eigenvalue weighted by molar-refractivity contribution is 7.73. The average Bonchev–Trinajstić information content (AvgIpc) is 2.88. The number of benzene rings is 1. The minimum absolute atomic E-state index is 0.0308. The normalized spacial score (nSPS) is 12.4. The molecule has 0 radical (unpaired) electrons. The van der Waals surface area contributed by atoms with E-state index in [4.69, 9.17) is 12.2 Å². The molecule has 1 aromatic carbocycles. The third-order valence-electron chi connectivity index (χ3n) is 3.79. The fourth-order valence-corrected chi connectivity index (χ4v) is 3.89. The number of nitrogens with zero attached hydrogens (tertiary/aromatic N) is 3. The molecule has 0 aliphatic carbocycles. The van der Waals surface area contributed by atoms with E-state index in [-0.39, 0.29) is 11.5 Å². The van der Waals surface area contributed by atoms with E-state index in [0.29, 0.717) is 27.4 Å². The number of fused-ring (bicyclic) bond motifs is 1. The maximum absolute atomic E-state index is 12.7. The Labute approximate surface area is 143 Å². The second-order valence-corrected chi connectivity index (χ2v) is 7.08. The summed E-state index contributed by atoms with van der Waals surface area (Å²) in [5.41, 5.74) is 1.82. The molecule has 4 nitrogen and oxygen atoms in total. The molecule has 0 fully saturated rings. The van der Waals surface area contributed by atoms with Crippen molar-refractivity contribution in [1.82, 2.24) is 14.1 Å². The van der Waals surface area contributed by atoms with Crippen molar-refractivity contribution in [2.75, 3.05) is 0 Å². The Bertz CT molecular complexity index is 953. The average molecular weight is 343 g/mol. The van der Waals surface area contributed by atoms with Gasteiger partial charge in [-0.25, -0.2) is 4.98 Å². The summed E-state index contributed by atoms with van der Waals surface area (Å²) in [6.45, 7) is 6.99. The molecule has 6 heteroatoms. The number of thiazole rings is 1. The topological polar surface area (TPSA) is 39.8 Å². The van der Waals surface area contributed by atoms with Gasteiger partial charge in [-0.15, -0.1) is 6.58 Å². The van der Waals surface area contributed by atoms with E-state index < -0.39 is 0 Å². The Morgan fingerprint density at radius 3 is 2.83 bits per heavy atom. The standard InChI is InChI=1S/C17H17N3OS2/c1-3-9-20-15-14(23-17(20)22)16(21)19(11-18-15)10-12(2)13-7-5-4-6-8-13/h3-8,11-12H,1,9-10H2,2H3/t12-/m0/s1. The predicted molar refractivity (Wildman–Crippen MR) is 97.8 cm³/mol. The Balaban J connectivity index is 2.00. The molecular formula is C17H17N3OS2. The van der Waals surface area contributed by atoms with Gasteiger partial charge in [0.2, 0.25) is 0 Å². The number of allylic oxidation sites excluding steroid dienone is 1. The second-order valence-electron chi connectivity index (χ2n) is 5.43. The SMILES string of the molecule is C=CCn1c(=S)sc2c(=O)n(C[C@H](C)c3ccccc3)cnc21. The molecular weight excluding hydrogens is 326 g/mol. The largest absolute Gasteiger partial charge is 0.304 e. The van der Waals surface area contributed by atoms with E-state index >= 15 is 0 Å². The van der Waals surface area contributed by atoms with Crippen LogP contribution in [0.4, 0.5) is 0 Å². The summed E-state index contributed by atoms with van der Waals surface area (Å²) in [7, 11) is 0. The van der Waals surface area contributed by atoms with Gasteiger partial charge in [0, 0.05) is 13.1 Å². The first kappa shape index (κ1) is 15.8. The van der Waals surface area contributed by atoms with Crippen LogP contribution in [0.5, 0.6) is 0 Å². The van der Waals surface area contributed by atoms with Gasteiger partial charge >= 0.3 is 0 Å². The maximum Gasteiger partial charge on any atom is 0.272 e. The van der Waals surface area contributed by atoms with Crippen molar-refractivity contribution in [1.29, 1.82) is 0 Å². The van der Waals surface area contributed by atoms with Crippen LogP contribution in [0.15, 0.2) is 54.1 Å². The van der Waals surface area contributed by atoms with E-state index in [1.165, 1.54) is 16.9 Å². The first-order valence-electron chi connectivity index (χ1n) is 7.36. The summed E-state index contributed by atoms with van der Waals surface area (Å²) >= 11 is 6.65. The fraction of sp³-hybridized carbons (Fsp3) is 0.235. The van der Waals surface area contributed by atoms with Crippen LogP contribution in [-0.2, 0) is 13.1 Å². The molecule has 2 aromatic heterocycles. The van der Waals surface area contributed by atoms with Gasteiger partial charge in [-0.05, 0) is 23.7 Å². The van der Waals surface area contributed by atoms with Crippen molar-refractivity contribution >= 4 is 33.9 Å². The van der Waals surface area contributed by atoms with E-state index in [9.17, 15) is 4.79 Å². The minimum atomic E-state index is -0.0308. The first-order chi connectivity index (χ1) is 11.1. The summed E-state index contributed by atoms with van der Waals surface area (Å²) in [6.07, 6.45) is 3.37. The molecule has 0 amide bonds. The molecule has 118 valence electrons. The van der Waals surface area contributed by atoms with Crippen LogP contribution in [0.1, 0.15) is 18.4 Å². The summed E-state index contributed by atoms with van der Waals surface area (Å²) in [4.78, 5) is 17.2. The third-order valence-corrected chi connectivity index (χ3v) is 5.22. The van der Waals surface area contributed by atoms with Crippen molar-refractivity contribution in [3.05, 3.63) is 69.2 Å². The first-order valence-corrected chi connectivity index (χ1v) is 8.59. The van der Waals surface area contributed by atoms with Crippen LogP contribution in [0.2, 0.25) is 0 Å². The van der Waals surface area contributed by atoms with Gasteiger partial charge in [0.15, 0.2) is 9.60 Å². The summed E-state index contributed by atoms with van der Waals surface area (Å²) in [6, 6.07) is 10.2. The summed E-state index contributed by atoms with van der Waals surface area (Å²) in [5.74, 6) is 0.233. The van der Waals surface area contributed by atoms with Crippen LogP contribution in [-0.4, -0.2) is 14.1 Å². The van der Waals surface area contributed by atoms with E-state index in [1.807, 2.05) is 22.8 Å². The lowest BCUT2D eigenvalue weighted by molar-refractivity contribution is 0.576. The molecule has 0 saturated carbocycles. The van der Waals surface area contributed by atoms with E-state index in [2.05, 4.69) is 30.6 Å². The van der Waals surface area contributed by atoms with Crippen LogP contribution in [0.25, 0.3) is 10.3 Å². The second kappa shape index (κ2) is 6.60. The molecule has 0 unspecified atom stereocenters. The van der Waals surface area contributed by atoms with E-state index in [0.717, 1.165) is 0 Å². The minimum Gasteiger partial charge on any atom is -0.304 e. The Morgan fingerprint density at radius 1 is 1.39 bits per heavy atom. The van der Waals surface area contributed by atoms with Gasteiger partial charge in [-0.3, -0.25) is 9.36 Å². The lowest BCUT2D eigenvalue weighted by atomic mass is 10.0. The zero-order valence-electron chi connectivity index (χ0n) is 12.8. The van der Waals surface area contributed by atoms with Gasteiger partial charge in [0.1, 0.15) is 4.70 Å². The molecule has 0 N–H and O–H groups in total. The monoisotopic (exact) mass is 343 g/mol. The maximum atomic E-state index is 12.7. The van der Waals surface area contributed by atoms with Gasteiger partial charge in [-0.1, -0.05) is 54.7 Å². The molecule has 3 aromatic rings. The molecule has 0 aliphatic heterocycles. The quantitative estimate of drug-likeness (QED) is 0.520. The number of hydrogen-bond donors (Lipinski definition) is 0. The van der Waals surface area contributed by atoms with Crippen LogP contribution >= 0.6 is 23.6 Å². The zero-order chi connectivity index (χ0) is 16.4. The van der Waals surface area contributed by atoms with Crippen molar-refractivity contribution in [3.63, 3.8) is 0 Å². The zero-order valence-corrected chi connectivity index (χ0v) is 14.4. The van der Waals surface area contributed by atoms with Gasteiger partial charge in [-0.2, -0.15) is 0 Å². The molecule has 0 spiro atoms. The van der Waals surface area contributed by atoms with Gasteiger partial charge < -0.3 is 4.57 Å². The van der Waals surface area contributed by atoms with Crippen LogP contribution < -0.4 is 5.56 Å². The van der Waals surface area contributed by atoms with Gasteiger partial charge in [0.05, 0.1) is 6.33 Å². The Kier molecular flexibility index (Phi) is 4.54. The summed E-state index contributed by atoms with van der Waals surface area (Å²) in [5, 5.41) is 0. The Morgan fingerprint density at radius 2 is 2.13 bits per heavy atom. The van der Waals surface area contributed by atoms with Crippen molar-refractivity contribution in [3.8, 4) is 0 Å². The van der Waals surface area contributed by atoms with Crippen LogP contribution in [0, 0.1) is 3.95 Å². The number of hydrogen-bond acceptors (Lipinski definition) is 4. The van der Waals surface area contributed by atoms with Crippen molar-refractivity contribution in [2.45, 2.75) is 25.9 Å². The highest BCUT2D eigenvalue weighted by Gasteiger charge is 2.13. The molecule has 1 atom stereocenters. The highest BCUT2D eigenvalue weighted by atomic mass is 32.1. The van der Waals surface area contributed by atoms with E-state index in [1.54, 1.807) is 17.0 Å². The smallest absolute Gasteiger partial charge is 0.272 e. The highest BCUT2D eigenvalue weighted by Crippen LogP contribution is 2.19. The van der Waals surface area contributed by atoms with Crippen LogP contribution in [0.3, 0.4) is 0 Å². The predicted octanol–water partition coefficient (Wildman–Crippen LogP) is 3.98. The van der Waals surface area contributed by atoms with Crippen molar-refractivity contribution in [2.24, 2.45) is 0 Å². The molecule has 0 bridgehead atoms. The number of rotatable bonds is 5. The molecule has 2 heterocycles. The lowest BCUT2D eigenvalue weighted by Gasteiger charge is -2.13. The molecule has 0 aliphatic rings. The van der Waals surface area contributed by atoms with Crippen molar-refractivity contribution < 1.29 is 0 Å². The summed E-state index contributed by atoms with van der Waals surface area (Å²) < 4.78 is 4.77.